The third-order valence-corrected chi connectivity index (χ3v) is 5.83. The summed E-state index contributed by atoms with van der Waals surface area (Å²) < 4.78 is 17.2. The summed E-state index contributed by atoms with van der Waals surface area (Å²) in [4.78, 5) is 19.3. The van der Waals surface area contributed by atoms with Crippen LogP contribution in [-0.2, 0) is 4.79 Å². The Bertz CT molecular complexity index is 1180. The lowest BCUT2D eigenvalue weighted by Gasteiger charge is -2.31. The number of nitrogens with zero attached hydrogens (tertiary/aromatic N) is 4. The molecule has 0 N–H and O–H groups in total. The van der Waals surface area contributed by atoms with E-state index in [1.165, 1.54) is 26.0 Å². The molecule has 0 saturated carbocycles. The molecule has 0 unspecified atom stereocenters. The van der Waals surface area contributed by atoms with Crippen molar-refractivity contribution in [2.75, 3.05) is 25.4 Å². The molecule has 32 heavy (non-hydrogen) atoms. The zero-order chi connectivity index (χ0) is 22.8. The highest BCUT2D eigenvalue weighted by molar-refractivity contribution is 7.98. The molecule has 3 aromatic rings. The number of para-hydroxylation sites is 1. The van der Waals surface area contributed by atoms with E-state index < -0.39 is 6.23 Å². The number of carbonyl (C=O) groups is 1. The summed E-state index contributed by atoms with van der Waals surface area (Å²) in [5.41, 5.74) is 2.40. The third-order valence-electron chi connectivity index (χ3n) is 5.01. The Morgan fingerprint density at radius 3 is 2.69 bits per heavy atom. The van der Waals surface area contributed by atoms with Crippen molar-refractivity contribution >= 4 is 35.0 Å². The summed E-state index contributed by atoms with van der Waals surface area (Å²) in [5, 5.41) is 9.30. The van der Waals surface area contributed by atoms with Crippen molar-refractivity contribution in [1.82, 2.24) is 15.2 Å². The first-order valence-corrected chi connectivity index (χ1v) is 11.4. The highest BCUT2D eigenvalue weighted by atomic mass is 35.5. The Balaban J connectivity index is 1.99. The molecular formula is C22H21ClN4O4S. The second-order valence-corrected chi connectivity index (χ2v) is 7.98. The molecule has 1 atom stereocenters. The minimum Gasteiger partial charge on any atom is -0.493 e. The molecule has 0 fully saturated rings. The van der Waals surface area contributed by atoms with Crippen molar-refractivity contribution in [2.24, 2.45) is 0 Å². The predicted octanol–water partition coefficient (Wildman–Crippen LogP) is 4.77. The number of carbonyl (C=O) groups excluding carboxylic acids is 1. The third kappa shape index (κ3) is 3.82. The van der Waals surface area contributed by atoms with Gasteiger partial charge in [-0.2, -0.15) is 4.98 Å². The number of ether oxygens (including phenoxy) is 3. The Kier molecular flexibility index (Phi) is 6.38. The fraction of sp³-hybridized carbons (Fsp3) is 0.273. The summed E-state index contributed by atoms with van der Waals surface area (Å²) in [6.07, 6.45) is 1.25. The van der Waals surface area contributed by atoms with Gasteiger partial charge in [-0.05, 0) is 24.5 Å². The van der Waals surface area contributed by atoms with Crippen LogP contribution in [0.4, 0.5) is 5.69 Å². The van der Waals surface area contributed by atoms with Gasteiger partial charge in [0.05, 0.1) is 24.9 Å². The van der Waals surface area contributed by atoms with Gasteiger partial charge in [0, 0.05) is 17.5 Å². The summed E-state index contributed by atoms with van der Waals surface area (Å²) in [5.74, 6) is 0.957. The zero-order valence-electron chi connectivity index (χ0n) is 18.0. The highest BCUT2D eigenvalue weighted by Crippen LogP contribution is 2.45. The van der Waals surface area contributed by atoms with Crippen molar-refractivity contribution in [3.05, 3.63) is 47.0 Å². The van der Waals surface area contributed by atoms with E-state index >= 15 is 0 Å². The average Bonchev–Trinajstić information content (AvgIpc) is 2.97. The van der Waals surface area contributed by atoms with Crippen LogP contribution in [0.15, 0.2) is 41.6 Å². The number of halogens is 1. The largest absolute Gasteiger partial charge is 0.493 e. The van der Waals surface area contributed by atoms with Gasteiger partial charge in [-0.3, -0.25) is 9.69 Å². The lowest BCUT2D eigenvalue weighted by molar-refractivity contribution is -0.120. The number of fused-ring (bicyclic) bond motifs is 3. The number of aromatic nitrogens is 3. The van der Waals surface area contributed by atoms with E-state index in [9.17, 15) is 4.79 Å². The van der Waals surface area contributed by atoms with E-state index in [2.05, 4.69) is 15.2 Å². The van der Waals surface area contributed by atoms with Crippen LogP contribution < -0.4 is 19.1 Å². The number of hydrogen-bond acceptors (Lipinski definition) is 8. The van der Waals surface area contributed by atoms with Crippen molar-refractivity contribution in [3.8, 4) is 28.6 Å². The summed E-state index contributed by atoms with van der Waals surface area (Å²) in [6, 6.07) is 10.9. The lowest BCUT2D eigenvalue weighted by Crippen LogP contribution is -2.37. The van der Waals surface area contributed by atoms with Crippen LogP contribution in [0.3, 0.4) is 0 Å². The van der Waals surface area contributed by atoms with Gasteiger partial charge in [-0.25, -0.2) is 0 Å². The quantitative estimate of drug-likeness (QED) is 0.491. The molecule has 1 aliphatic heterocycles. The topological polar surface area (TPSA) is 86.7 Å². The van der Waals surface area contributed by atoms with E-state index in [1.54, 1.807) is 24.0 Å². The van der Waals surface area contributed by atoms with Crippen molar-refractivity contribution < 1.29 is 19.0 Å². The van der Waals surface area contributed by atoms with Gasteiger partial charge in [0.1, 0.15) is 0 Å². The second kappa shape index (κ2) is 9.22. The lowest BCUT2D eigenvalue weighted by atomic mass is 10.1. The number of benzene rings is 2. The van der Waals surface area contributed by atoms with Gasteiger partial charge in [0.15, 0.2) is 17.2 Å². The molecule has 0 radical (unpaired) electrons. The first kappa shape index (κ1) is 22.2. The van der Waals surface area contributed by atoms with Gasteiger partial charge in [0.2, 0.25) is 23.2 Å². The van der Waals surface area contributed by atoms with Gasteiger partial charge < -0.3 is 14.2 Å². The monoisotopic (exact) mass is 472 g/mol. The standard InChI is InChI=1S/C22H21ClN4O4S/c1-5-17(28)27-15-9-7-6-8-13(15)18-20(24-22(32-4)26-25-18)31-21(27)12-10-14(23)19(30-3)16(11-12)29-2/h6-11,21H,5H2,1-4H3/t21-/m1/s1. The summed E-state index contributed by atoms with van der Waals surface area (Å²) in [7, 11) is 3.03. The van der Waals surface area contributed by atoms with Crippen LogP contribution >= 0.6 is 23.4 Å². The number of anilines is 1. The molecule has 8 nitrogen and oxygen atoms in total. The Morgan fingerprint density at radius 1 is 1.22 bits per heavy atom. The fourth-order valence-electron chi connectivity index (χ4n) is 3.54. The molecule has 2 aromatic carbocycles. The summed E-state index contributed by atoms with van der Waals surface area (Å²) >= 11 is 7.83. The highest BCUT2D eigenvalue weighted by Gasteiger charge is 2.36. The molecule has 0 aliphatic carbocycles. The molecule has 0 saturated heterocycles. The molecule has 0 bridgehead atoms. The Labute approximate surface area is 194 Å². The maximum Gasteiger partial charge on any atom is 0.247 e. The average molecular weight is 473 g/mol. The molecular weight excluding hydrogens is 452 g/mol. The van der Waals surface area contributed by atoms with Crippen LogP contribution in [0, 0.1) is 0 Å². The molecule has 10 heteroatoms. The fourth-order valence-corrected chi connectivity index (χ4v) is 4.13. The zero-order valence-corrected chi connectivity index (χ0v) is 19.5. The number of methoxy groups -OCH3 is 2. The van der Waals surface area contributed by atoms with Crippen molar-refractivity contribution in [2.45, 2.75) is 24.7 Å². The smallest absolute Gasteiger partial charge is 0.247 e. The van der Waals surface area contributed by atoms with Gasteiger partial charge in [0.25, 0.3) is 0 Å². The van der Waals surface area contributed by atoms with E-state index in [-0.39, 0.29) is 18.2 Å². The van der Waals surface area contributed by atoms with Crippen molar-refractivity contribution in [1.29, 1.82) is 0 Å². The van der Waals surface area contributed by atoms with Crippen LogP contribution in [0.5, 0.6) is 17.4 Å². The minimum absolute atomic E-state index is 0.140. The Morgan fingerprint density at radius 2 is 2.00 bits per heavy atom. The molecule has 0 spiro atoms. The van der Waals surface area contributed by atoms with Crippen LogP contribution in [0.2, 0.25) is 5.02 Å². The minimum atomic E-state index is -0.867. The number of amides is 1. The van der Waals surface area contributed by atoms with Crippen molar-refractivity contribution in [3.63, 3.8) is 0 Å². The molecule has 1 aromatic heterocycles. The van der Waals surface area contributed by atoms with E-state index in [0.29, 0.717) is 44.2 Å². The predicted molar refractivity (Wildman–Crippen MR) is 123 cm³/mol. The second-order valence-electron chi connectivity index (χ2n) is 6.80. The maximum atomic E-state index is 13.2. The van der Waals surface area contributed by atoms with Gasteiger partial charge in [-0.1, -0.05) is 48.5 Å². The maximum absolute atomic E-state index is 13.2. The normalized spacial score (nSPS) is 14.7. The molecule has 1 amide bonds. The Hall–Kier alpha value is -3.04. The van der Waals surface area contributed by atoms with E-state index in [1.807, 2.05) is 30.5 Å². The molecule has 2 heterocycles. The van der Waals surface area contributed by atoms with Crippen LogP contribution in [-0.4, -0.2) is 41.6 Å². The van der Waals surface area contributed by atoms with Crippen LogP contribution in [0.1, 0.15) is 25.1 Å². The SMILES string of the molecule is CCC(=O)N1c2ccccc2-c2nnc(SC)nc2O[C@@H]1c1cc(Cl)c(OC)c(OC)c1. The first-order chi connectivity index (χ1) is 15.5. The van der Waals surface area contributed by atoms with Gasteiger partial charge >= 0.3 is 0 Å². The van der Waals surface area contributed by atoms with E-state index in [0.717, 1.165) is 0 Å². The van der Waals surface area contributed by atoms with Crippen LogP contribution in [0.25, 0.3) is 11.3 Å². The number of thioether (sulfide) groups is 1. The number of hydrogen-bond donors (Lipinski definition) is 0. The molecule has 1 aliphatic rings. The van der Waals surface area contributed by atoms with Gasteiger partial charge in [-0.15, -0.1) is 10.2 Å². The molecule has 4 rings (SSSR count). The molecule has 166 valence electrons. The first-order valence-electron chi connectivity index (χ1n) is 9.80. The summed E-state index contributed by atoms with van der Waals surface area (Å²) in [6.45, 7) is 1.80. The number of rotatable bonds is 5. The van der Waals surface area contributed by atoms with E-state index in [4.69, 9.17) is 25.8 Å².